The number of benzene rings is 1. The van der Waals surface area contributed by atoms with Crippen molar-refractivity contribution in [3.63, 3.8) is 0 Å². The molecule has 1 aromatic carbocycles. The summed E-state index contributed by atoms with van der Waals surface area (Å²) in [4.78, 5) is 30.0. The highest BCUT2D eigenvalue weighted by Gasteiger charge is 2.49. The third-order valence-electron chi connectivity index (χ3n) is 8.74. The number of likely N-dealkylation sites (tertiary alicyclic amines) is 1. The van der Waals surface area contributed by atoms with Crippen LogP contribution in [-0.2, 0) is 19.7 Å². The average molecular weight is 509 g/mol. The van der Waals surface area contributed by atoms with Gasteiger partial charge in [-0.1, -0.05) is 63.4 Å². The number of hydrogen-bond acceptors (Lipinski definition) is 5. The van der Waals surface area contributed by atoms with Gasteiger partial charge in [0.2, 0.25) is 11.8 Å². The maximum absolute atomic E-state index is 13.2. The first kappa shape index (κ1) is 27.6. The molecule has 1 aliphatic carbocycles. The first-order chi connectivity index (χ1) is 17.8. The Morgan fingerprint density at radius 2 is 1.81 bits per heavy atom. The molecule has 2 saturated heterocycles. The molecule has 2 aliphatic heterocycles. The second-order valence-corrected chi connectivity index (χ2v) is 11.9. The summed E-state index contributed by atoms with van der Waals surface area (Å²) in [6.07, 6.45) is 6.78. The molecule has 0 bridgehead atoms. The summed E-state index contributed by atoms with van der Waals surface area (Å²) in [5.74, 6) is 0.224. The fraction of sp³-hybridized carbons (Fsp3) is 0.700. The quantitative estimate of drug-likeness (QED) is 0.547. The minimum absolute atomic E-state index is 0.0119. The highest BCUT2D eigenvalue weighted by Crippen LogP contribution is 2.42. The second-order valence-electron chi connectivity index (χ2n) is 11.9. The van der Waals surface area contributed by atoms with Gasteiger partial charge in [-0.15, -0.1) is 0 Å². The lowest BCUT2D eigenvalue weighted by Crippen LogP contribution is -2.53. The third-order valence-corrected chi connectivity index (χ3v) is 8.74. The van der Waals surface area contributed by atoms with Gasteiger partial charge >= 0.3 is 0 Å². The Kier molecular flexibility index (Phi) is 9.26. The molecule has 2 atom stereocenters. The fourth-order valence-electron chi connectivity index (χ4n) is 6.62. The number of hydrogen-bond donors (Lipinski definition) is 1. The Bertz CT molecular complexity index is 947. The average Bonchev–Trinajstić information content (AvgIpc) is 3.35. The Hall–Kier alpha value is -2.43. The number of morpholine rings is 1. The van der Waals surface area contributed by atoms with Crippen LogP contribution >= 0.6 is 0 Å². The Morgan fingerprint density at radius 1 is 1.11 bits per heavy atom. The molecule has 2 amide bonds. The minimum Gasteiger partial charge on any atom is -0.378 e. The number of nitrogens with one attached hydrogen (secondary N) is 1. The molecule has 1 saturated carbocycles. The van der Waals surface area contributed by atoms with Crippen LogP contribution in [-0.4, -0.2) is 73.6 Å². The van der Waals surface area contributed by atoms with Gasteiger partial charge in [0.1, 0.15) is 0 Å². The normalized spacial score (nSPS) is 24.4. The highest BCUT2D eigenvalue weighted by molar-refractivity contribution is 5.84. The lowest BCUT2D eigenvalue weighted by Gasteiger charge is -2.40. The van der Waals surface area contributed by atoms with Gasteiger partial charge in [-0.2, -0.15) is 5.26 Å². The first-order valence-electron chi connectivity index (χ1n) is 14.2. The van der Waals surface area contributed by atoms with E-state index < -0.39 is 5.41 Å². The Morgan fingerprint density at radius 3 is 2.49 bits per heavy atom. The summed E-state index contributed by atoms with van der Waals surface area (Å²) in [5, 5.41) is 13.9. The third kappa shape index (κ3) is 6.91. The van der Waals surface area contributed by atoms with E-state index in [9.17, 15) is 14.9 Å². The molecule has 7 heteroatoms. The number of rotatable bonds is 9. The molecule has 4 rings (SSSR count). The van der Waals surface area contributed by atoms with Crippen molar-refractivity contribution in [1.29, 1.82) is 5.26 Å². The number of nitrogens with zero attached hydrogens (tertiary/aromatic N) is 3. The number of carbonyl (C=O) groups excluding carboxylic acids is 2. The zero-order valence-corrected chi connectivity index (χ0v) is 22.7. The Labute approximate surface area is 222 Å². The van der Waals surface area contributed by atoms with Crippen LogP contribution in [0.4, 0.5) is 0 Å². The van der Waals surface area contributed by atoms with E-state index in [0.717, 1.165) is 45.2 Å². The summed E-state index contributed by atoms with van der Waals surface area (Å²) in [6, 6.07) is 13.1. The van der Waals surface area contributed by atoms with E-state index >= 15 is 0 Å². The molecule has 1 aromatic rings. The standard InChI is InChI=1S/C30H44N4O3/c1-29(2,25-11-7-4-8-12-25)22-33-16-15-30(21-31,23-33)28(24-9-5-3-6-10-24)32-26(35)13-14-27(36)34-17-19-37-20-18-34/h4,7-8,11-12,24,28H,3,5-6,9-10,13-20,22-23H2,1-2H3,(H,32,35)/t28-,30+/m1/s1. The fourth-order valence-corrected chi connectivity index (χ4v) is 6.62. The van der Waals surface area contributed by atoms with Gasteiger partial charge < -0.3 is 19.9 Å². The van der Waals surface area contributed by atoms with Crippen LogP contribution in [0.15, 0.2) is 30.3 Å². The van der Waals surface area contributed by atoms with Crippen LogP contribution in [0.25, 0.3) is 0 Å². The van der Waals surface area contributed by atoms with Crippen molar-refractivity contribution in [2.24, 2.45) is 11.3 Å². The van der Waals surface area contributed by atoms with Crippen molar-refractivity contribution < 1.29 is 14.3 Å². The molecule has 1 N–H and O–H groups in total. The van der Waals surface area contributed by atoms with Crippen molar-refractivity contribution in [2.75, 3.05) is 45.9 Å². The van der Waals surface area contributed by atoms with Gasteiger partial charge in [-0.3, -0.25) is 9.59 Å². The van der Waals surface area contributed by atoms with Crippen molar-refractivity contribution in [3.8, 4) is 6.07 Å². The zero-order valence-electron chi connectivity index (χ0n) is 22.7. The van der Waals surface area contributed by atoms with E-state index in [1.54, 1.807) is 4.90 Å². The molecule has 3 fully saturated rings. The molecule has 0 spiro atoms. The van der Waals surface area contributed by atoms with Gasteiger partial charge in [-0.25, -0.2) is 0 Å². The van der Waals surface area contributed by atoms with E-state index in [1.165, 1.54) is 12.0 Å². The van der Waals surface area contributed by atoms with Crippen LogP contribution in [0.5, 0.6) is 0 Å². The summed E-state index contributed by atoms with van der Waals surface area (Å²) in [6.45, 7) is 9.25. The van der Waals surface area contributed by atoms with Crippen molar-refractivity contribution in [2.45, 2.75) is 76.7 Å². The molecule has 0 unspecified atom stereocenters. The molecule has 0 radical (unpaired) electrons. The predicted molar refractivity (Wildman–Crippen MR) is 144 cm³/mol. The highest BCUT2D eigenvalue weighted by atomic mass is 16.5. The van der Waals surface area contributed by atoms with Crippen LogP contribution < -0.4 is 5.32 Å². The van der Waals surface area contributed by atoms with E-state index in [1.807, 2.05) is 6.07 Å². The van der Waals surface area contributed by atoms with Crippen molar-refractivity contribution in [3.05, 3.63) is 35.9 Å². The molecule has 7 nitrogen and oxygen atoms in total. The smallest absolute Gasteiger partial charge is 0.223 e. The molecule has 3 aliphatic rings. The molecule has 202 valence electrons. The SMILES string of the molecule is CC(C)(CN1CC[C@@](C#N)([C@H](NC(=O)CCC(=O)N2CCOCC2)C2CCCCC2)C1)c1ccccc1. The van der Waals surface area contributed by atoms with Gasteiger partial charge in [0, 0.05) is 44.4 Å². The zero-order chi connectivity index (χ0) is 26.3. The van der Waals surface area contributed by atoms with E-state index in [2.05, 4.69) is 54.4 Å². The van der Waals surface area contributed by atoms with E-state index in [-0.39, 0.29) is 36.1 Å². The number of ether oxygens (including phenoxy) is 1. The summed E-state index contributed by atoms with van der Waals surface area (Å²) in [7, 11) is 0. The predicted octanol–water partition coefficient (Wildman–Crippen LogP) is 3.88. The van der Waals surface area contributed by atoms with E-state index in [0.29, 0.717) is 38.8 Å². The molecule has 2 heterocycles. The minimum atomic E-state index is -0.599. The summed E-state index contributed by atoms with van der Waals surface area (Å²) in [5.41, 5.74) is 0.668. The number of nitriles is 1. The maximum Gasteiger partial charge on any atom is 0.223 e. The molecule has 37 heavy (non-hydrogen) atoms. The van der Waals surface area contributed by atoms with Crippen LogP contribution in [0.2, 0.25) is 0 Å². The van der Waals surface area contributed by atoms with Gasteiger partial charge in [0.25, 0.3) is 0 Å². The van der Waals surface area contributed by atoms with Gasteiger partial charge in [0.05, 0.1) is 30.7 Å². The first-order valence-corrected chi connectivity index (χ1v) is 14.2. The molecular formula is C30H44N4O3. The topological polar surface area (TPSA) is 85.7 Å². The van der Waals surface area contributed by atoms with Crippen molar-refractivity contribution in [1.82, 2.24) is 15.1 Å². The van der Waals surface area contributed by atoms with Crippen LogP contribution in [0, 0.1) is 22.7 Å². The monoisotopic (exact) mass is 508 g/mol. The molecular weight excluding hydrogens is 464 g/mol. The number of carbonyl (C=O) groups is 2. The second kappa shape index (κ2) is 12.4. The lowest BCUT2D eigenvalue weighted by molar-refractivity contribution is -0.137. The summed E-state index contributed by atoms with van der Waals surface area (Å²) >= 11 is 0. The summed E-state index contributed by atoms with van der Waals surface area (Å²) < 4.78 is 5.33. The van der Waals surface area contributed by atoms with E-state index in [4.69, 9.17) is 4.74 Å². The van der Waals surface area contributed by atoms with Crippen molar-refractivity contribution >= 4 is 11.8 Å². The van der Waals surface area contributed by atoms with Crippen LogP contribution in [0.3, 0.4) is 0 Å². The Balaban J connectivity index is 1.42. The maximum atomic E-state index is 13.2. The molecule has 0 aromatic heterocycles. The van der Waals surface area contributed by atoms with Gasteiger partial charge in [0.15, 0.2) is 0 Å². The van der Waals surface area contributed by atoms with Gasteiger partial charge in [-0.05, 0) is 37.3 Å². The lowest BCUT2D eigenvalue weighted by atomic mass is 9.70. The van der Waals surface area contributed by atoms with Crippen LogP contribution in [0.1, 0.15) is 70.8 Å². The number of amides is 2. The largest absolute Gasteiger partial charge is 0.378 e.